The number of rotatable bonds is 5. The van der Waals surface area contributed by atoms with E-state index < -0.39 is 5.41 Å². The summed E-state index contributed by atoms with van der Waals surface area (Å²) in [5.74, 6) is 1.15. The second kappa shape index (κ2) is 6.68. The molecule has 0 saturated carbocycles. The molecule has 0 amide bonds. The van der Waals surface area contributed by atoms with E-state index in [0.29, 0.717) is 18.8 Å². The molecular weight excluding hydrogens is 324 g/mol. The van der Waals surface area contributed by atoms with Crippen molar-refractivity contribution in [3.05, 3.63) is 95.6 Å². The van der Waals surface area contributed by atoms with Crippen molar-refractivity contribution < 1.29 is 14.3 Å². The topological polar surface area (TPSA) is 35.5 Å². The van der Waals surface area contributed by atoms with Crippen molar-refractivity contribution in [1.82, 2.24) is 0 Å². The Morgan fingerprint density at radius 3 is 2.23 bits per heavy atom. The van der Waals surface area contributed by atoms with Gasteiger partial charge in [-0.25, -0.2) is 0 Å². The van der Waals surface area contributed by atoms with Crippen LogP contribution in [0.15, 0.2) is 78.9 Å². The van der Waals surface area contributed by atoms with E-state index in [-0.39, 0.29) is 5.97 Å². The van der Waals surface area contributed by atoms with Gasteiger partial charge in [0.2, 0.25) is 0 Å². The molecule has 26 heavy (non-hydrogen) atoms. The number of hydrogen-bond acceptors (Lipinski definition) is 3. The summed E-state index contributed by atoms with van der Waals surface area (Å²) in [6.45, 7) is 2.43. The number of esters is 1. The van der Waals surface area contributed by atoms with Gasteiger partial charge in [-0.1, -0.05) is 60.7 Å². The van der Waals surface area contributed by atoms with E-state index in [2.05, 4.69) is 0 Å². The molecule has 3 nitrogen and oxygen atoms in total. The van der Waals surface area contributed by atoms with Crippen LogP contribution in [0.2, 0.25) is 0 Å². The normalized spacial score (nSPS) is 18.3. The highest BCUT2D eigenvalue weighted by Gasteiger charge is 2.45. The minimum absolute atomic E-state index is 0.212. The van der Waals surface area contributed by atoms with Gasteiger partial charge in [-0.2, -0.15) is 0 Å². The molecule has 1 heterocycles. The Hall–Kier alpha value is -3.07. The Morgan fingerprint density at radius 1 is 0.885 bits per heavy atom. The summed E-state index contributed by atoms with van der Waals surface area (Å²) in [6.07, 6.45) is 0.599. The van der Waals surface area contributed by atoms with Crippen LogP contribution in [0.1, 0.15) is 23.6 Å². The maximum absolute atomic E-state index is 12.6. The van der Waals surface area contributed by atoms with Crippen LogP contribution in [-0.4, -0.2) is 5.97 Å². The van der Waals surface area contributed by atoms with Crippen LogP contribution in [0, 0.1) is 0 Å². The predicted molar refractivity (Wildman–Crippen MR) is 100 cm³/mol. The first-order valence-corrected chi connectivity index (χ1v) is 8.73. The summed E-state index contributed by atoms with van der Waals surface area (Å²) in [6, 6.07) is 25.6. The second-order valence-electron chi connectivity index (χ2n) is 6.82. The Balaban J connectivity index is 1.59. The van der Waals surface area contributed by atoms with E-state index in [1.807, 2.05) is 85.8 Å². The zero-order valence-corrected chi connectivity index (χ0v) is 14.6. The molecule has 0 bridgehead atoms. The van der Waals surface area contributed by atoms with Crippen molar-refractivity contribution in [3.8, 4) is 11.5 Å². The maximum Gasteiger partial charge on any atom is 0.322 e. The first-order valence-electron chi connectivity index (χ1n) is 8.73. The van der Waals surface area contributed by atoms with Crippen molar-refractivity contribution in [2.24, 2.45) is 0 Å². The molecule has 0 aliphatic carbocycles. The summed E-state index contributed by atoms with van der Waals surface area (Å²) >= 11 is 0. The van der Waals surface area contributed by atoms with Gasteiger partial charge in [-0.05, 0) is 42.7 Å². The van der Waals surface area contributed by atoms with Gasteiger partial charge in [0.15, 0.2) is 0 Å². The summed E-state index contributed by atoms with van der Waals surface area (Å²) in [4.78, 5) is 12.6. The van der Waals surface area contributed by atoms with Crippen molar-refractivity contribution >= 4 is 5.97 Å². The fourth-order valence-corrected chi connectivity index (χ4v) is 3.35. The Kier molecular flexibility index (Phi) is 4.21. The molecule has 0 fully saturated rings. The van der Waals surface area contributed by atoms with Crippen LogP contribution >= 0.6 is 0 Å². The number of carbonyl (C=O) groups excluding carboxylic acids is 1. The number of fused-ring (bicyclic) bond motifs is 1. The Bertz CT molecular complexity index is 919. The molecule has 3 aromatic carbocycles. The zero-order valence-electron chi connectivity index (χ0n) is 14.6. The van der Waals surface area contributed by atoms with Crippen LogP contribution in [-0.2, 0) is 23.2 Å². The van der Waals surface area contributed by atoms with Crippen LogP contribution in [0.25, 0.3) is 0 Å². The van der Waals surface area contributed by atoms with Crippen LogP contribution in [0.5, 0.6) is 11.5 Å². The molecule has 1 atom stereocenters. The van der Waals surface area contributed by atoms with E-state index in [1.54, 1.807) is 0 Å². The average Bonchev–Trinajstić information content (AvgIpc) is 2.92. The summed E-state index contributed by atoms with van der Waals surface area (Å²) in [5.41, 5.74) is 2.39. The van der Waals surface area contributed by atoms with Gasteiger partial charge in [0.1, 0.15) is 18.1 Å². The molecule has 0 spiro atoms. The third-order valence-electron chi connectivity index (χ3n) is 4.85. The highest BCUT2D eigenvalue weighted by Crippen LogP contribution is 2.43. The largest absolute Gasteiger partial charge is 0.489 e. The van der Waals surface area contributed by atoms with Gasteiger partial charge < -0.3 is 9.47 Å². The van der Waals surface area contributed by atoms with Crippen molar-refractivity contribution in [2.75, 3.05) is 0 Å². The minimum Gasteiger partial charge on any atom is -0.489 e. The standard InChI is InChI=1S/C23H20O3/c1-23(15-17-8-4-2-5-9-17)20-14-19(12-13-21(20)26-22(23)24)25-16-18-10-6-3-7-11-18/h2-14H,15-16H2,1H3. The highest BCUT2D eigenvalue weighted by molar-refractivity contribution is 5.90. The van der Waals surface area contributed by atoms with Crippen molar-refractivity contribution in [3.63, 3.8) is 0 Å². The average molecular weight is 344 g/mol. The van der Waals surface area contributed by atoms with Gasteiger partial charge in [0.05, 0.1) is 5.41 Å². The van der Waals surface area contributed by atoms with Gasteiger partial charge >= 0.3 is 5.97 Å². The summed E-state index contributed by atoms with van der Waals surface area (Å²) in [7, 11) is 0. The molecule has 3 heteroatoms. The van der Waals surface area contributed by atoms with Crippen molar-refractivity contribution in [2.45, 2.75) is 25.4 Å². The molecule has 0 radical (unpaired) electrons. The lowest BCUT2D eigenvalue weighted by Crippen LogP contribution is -2.32. The van der Waals surface area contributed by atoms with Crippen LogP contribution in [0.3, 0.4) is 0 Å². The lowest BCUT2D eigenvalue weighted by Gasteiger charge is -2.21. The molecular formula is C23H20O3. The molecule has 3 aromatic rings. The summed E-state index contributed by atoms with van der Waals surface area (Å²) in [5, 5.41) is 0. The molecule has 0 N–H and O–H groups in total. The van der Waals surface area contributed by atoms with Crippen LogP contribution < -0.4 is 9.47 Å². The SMILES string of the molecule is CC1(Cc2ccccc2)C(=O)Oc2ccc(OCc3ccccc3)cc21. The third kappa shape index (κ3) is 3.08. The van der Waals surface area contributed by atoms with Gasteiger partial charge in [0, 0.05) is 5.56 Å². The van der Waals surface area contributed by atoms with E-state index >= 15 is 0 Å². The number of ether oxygens (including phenoxy) is 2. The summed E-state index contributed by atoms with van der Waals surface area (Å²) < 4.78 is 11.4. The highest BCUT2D eigenvalue weighted by atomic mass is 16.5. The first kappa shape index (κ1) is 16.4. The molecule has 1 aliphatic rings. The monoisotopic (exact) mass is 344 g/mol. The van der Waals surface area contributed by atoms with Gasteiger partial charge in [-0.15, -0.1) is 0 Å². The molecule has 0 saturated heterocycles. The number of carbonyl (C=O) groups is 1. The smallest absolute Gasteiger partial charge is 0.322 e. The molecule has 4 rings (SSSR count). The molecule has 130 valence electrons. The van der Waals surface area contributed by atoms with Crippen LogP contribution in [0.4, 0.5) is 0 Å². The van der Waals surface area contributed by atoms with Crippen molar-refractivity contribution in [1.29, 1.82) is 0 Å². The lowest BCUT2D eigenvalue weighted by molar-refractivity contribution is -0.137. The van der Waals surface area contributed by atoms with E-state index in [1.165, 1.54) is 0 Å². The van der Waals surface area contributed by atoms with E-state index in [0.717, 1.165) is 22.4 Å². The molecule has 1 aliphatic heterocycles. The zero-order chi connectivity index (χ0) is 18.0. The molecule has 1 unspecified atom stereocenters. The number of hydrogen-bond donors (Lipinski definition) is 0. The Morgan fingerprint density at radius 2 is 1.54 bits per heavy atom. The Labute approximate surface area is 153 Å². The third-order valence-corrected chi connectivity index (χ3v) is 4.85. The quantitative estimate of drug-likeness (QED) is 0.498. The fraction of sp³-hybridized carbons (Fsp3) is 0.174. The fourth-order valence-electron chi connectivity index (χ4n) is 3.35. The maximum atomic E-state index is 12.6. The van der Waals surface area contributed by atoms with E-state index in [9.17, 15) is 4.79 Å². The van der Waals surface area contributed by atoms with Gasteiger partial charge in [-0.3, -0.25) is 4.79 Å². The van der Waals surface area contributed by atoms with Gasteiger partial charge in [0.25, 0.3) is 0 Å². The predicted octanol–water partition coefficient (Wildman–Crippen LogP) is 4.69. The first-order chi connectivity index (χ1) is 12.6. The minimum atomic E-state index is -0.706. The molecule has 0 aromatic heterocycles. The number of benzene rings is 3. The second-order valence-corrected chi connectivity index (χ2v) is 6.82. The van der Waals surface area contributed by atoms with E-state index in [4.69, 9.17) is 9.47 Å². The lowest BCUT2D eigenvalue weighted by atomic mass is 9.78.